The van der Waals surface area contributed by atoms with E-state index in [1.165, 1.54) is 6.42 Å². The number of hydrogen-bond donors (Lipinski definition) is 1. The van der Waals surface area contributed by atoms with E-state index in [9.17, 15) is 9.59 Å². The van der Waals surface area contributed by atoms with Crippen LogP contribution in [0.15, 0.2) is 54.6 Å². The van der Waals surface area contributed by atoms with Gasteiger partial charge in [0.2, 0.25) is 5.91 Å². The van der Waals surface area contributed by atoms with Crippen molar-refractivity contribution in [2.45, 2.75) is 62.9 Å². The van der Waals surface area contributed by atoms with Crippen molar-refractivity contribution < 1.29 is 9.59 Å². The predicted molar refractivity (Wildman–Crippen MR) is 124 cm³/mol. The first-order valence-electron chi connectivity index (χ1n) is 11.4. The summed E-state index contributed by atoms with van der Waals surface area (Å²) >= 11 is 6.10. The Kier molecular flexibility index (Phi) is 7.09. The Morgan fingerprint density at radius 2 is 1.68 bits per heavy atom. The number of halogens is 1. The fourth-order valence-corrected chi connectivity index (χ4v) is 5.33. The van der Waals surface area contributed by atoms with E-state index in [4.69, 9.17) is 11.6 Å². The van der Waals surface area contributed by atoms with E-state index in [2.05, 4.69) is 10.2 Å². The van der Waals surface area contributed by atoms with Crippen LogP contribution in [-0.4, -0.2) is 35.7 Å². The second kappa shape index (κ2) is 9.97. The highest BCUT2D eigenvalue weighted by atomic mass is 35.5. The van der Waals surface area contributed by atoms with Crippen molar-refractivity contribution in [1.29, 1.82) is 0 Å². The number of benzene rings is 2. The number of ketones is 1. The van der Waals surface area contributed by atoms with Gasteiger partial charge in [-0.2, -0.15) is 0 Å². The maximum Gasteiger partial charge on any atom is 0.237 e. The molecule has 1 heterocycles. The smallest absolute Gasteiger partial charge is 0.237 e. The molecule has 164 valence electrons. The number of carbonyl (C=O) groups excluding carboxylic acids is 2. The Bertz CT molecular complexity index is 891. The summed E-state index contributed by atoms with van der Waals surface area (Å²) < 4.78 is 0. The van der Waals surface area contributed by atoms with E-state index in [1.807, 2.05) is 54.6 Å². The zero-order valence-corrected chi connectivity index (χ0v) is 18.7. The van der Waals surface area contributed by atoms with Crippen molar-refractivity contribution in [1.82, 2.24) is 10.2 Å². The monoisotopic (exact) mass is 438 g/mol. The number of carbonyl (C=O) groups is 2. The van der Waals surface area contributed by atoms with Crippen molar-refractivity contribution in [3.05, 3.63) is 70.7 Å². The zero-order valence-electron chi connectivity index (χ0n) is 18.0. The zero-order chi connectivity index (χ0) is 21.7. The summed E-state index contributed by atoms with van der Waals surface area (Å²) in [4.78, 5) is 28.7. The first kappa shape index (κ1) is 22.0. The summed E-state index contributed by atoms with van der Waals surface area (Å²) in [6.07, 6.45) is 6.83. The Hall–Kier alpha value is -2.17. The minimum absolute atomic E-state index is 0.0262. The van der Waals surface area contributed by atoms with Gasteiger partial charge in [-0.05, 0) is 55.5 Å². The van der Waals surface area contributed by atoms with E-state index in [0.717, 1.165) is 56.2 Å². The highest BCUT2D eigenvalue weighted by Crippen LogP contribution is 2.41. The molecule has 0 unspecified atom stereocenters. The predicted octanol–water partition coefficient (Wildman–Crippen LogP) is 4.89. The molecular weight excluding hydrogens is 408 g/mol. The van der Waals surface area contributed by atoms with Crippen LogP contribution in [0.1, 0.15) is 56.1 Å². The van der Waals surface area contributed by atoms with Gasteiger partial charge in [-0.3, -0.25) is 14.5 Å². The van der Waals surface area contributed by atoms with Crippen LogP contribution in [0.5, 0.6) is 0 Å². The van der Waals surface area contributed by atoms with Crippen molar-refractivity contribution in [3.8, 4) is 0 Å². The summed E-state index contributed by atoms with van der Waals surface area (Å²) in [6, 6.07) is 17.5. The van der Waals surface area contributed by atoms with E-state index < -0.39 is 5.41 Å². The number of Topliss-reactive ketones (excluding diaryl/α,β-unsaturated/α-hetero) is 1. The average Bonchev–Trinajstić information content (AvgIpc) is 3.27. The molecule has 0 aromatic heterocycles. The van der Waals surface area contributed by atoms with Gasteiger partial charge in [-0.1, -0.05) is 73.3 Å². The molecule has 4 rings (SSSR count). The van der Waals surface area contributed by atoms with Crippen LogP contribution in [0.2, 0.25) is 5.02 Å². The largest absolute Gasteiger partial charge is 0.351 e. The lowest BCUT2D eigenvalue weighted by molar-refractivity contribution is -0.130. The molecule has 0 spiro atoms. The van der Waals surface area contributed by atoms with Gasteiger partial charge in [0.25, 0.3) is 0 Å². The summed E-state index contributed by atoms with van der Waals surface area (Å²) in [5.41, 5.74) is 1.71. The van der Waals surface area contributed by atoms with Gasteiger partial charge in [0.15, 0.2) is 5.78 Å². The third-order valence-corrected chi connectivity index (χ3v) is 7.21. The van der Waals surface area contributed by atoms with Crippen molar-refractivity contribution >= 4 is 23.3 Å². The van der Waals surface area contributed by atoms with E-state index in [-0.39, 0.29) is 17.7 Å². The minimum Gasteiger partial charge on any atom is -0.351 e. The Labute approximate surface area is 190 Å². The van der Waals surface area contributed by atoms with Crippen molar-refractivity contribution in [3.63, 3.8) is 0 Å². The van der Waals surface area contributed by atoms with Gasteiger partial charge in [0.05, 0.1) is 18.0 Å². The first-order chi connectivity index (χ1) is 15.1. The van der Waals surface area contributed by atoms with Gasteiger partial charge in [0, 0.05) is 11.6 Å². The number of likely N-dealkylation sites (tertiary alicyclic amines) is 1. The van der Waals surface area contributed by atoms with Gasteiger partial charge >= 0.3 is 0 Å². The standard InChI is InChI=1S/C26H31ClN2O2/c27-22-13-11-21(12-14-22)26(15-5-2-6-16-26)24(30)19-29-17-7-10-23(29)25(31)28-18-20-8-3-1-4-9-20/h1,3-4,8-9,11-14,23H,2,5-7,10,15-19H2,(H,28,31)/t23-/m0/s1. The third-order valence-electron chi connectivity index (χ3n) is 6.96. The Morgan fingerprint density at radius 1 is 0.968 bits per heavy atom. The minimum atomic E-state index is -0.448. The molecule has 0 bridgehead atoms. The average molecular weight is 439 g/mol. The van der Waals surface area contributed by atoms with E-state index in [0.29, 0.717) is 18.1 Å². The van der Waals surface area contributed by atoms with Gasteiger partial charge < -0.3 is 5.32 Å². The lowest BCUT2D eigenvalue weighted by atomic mass is 9.66. The quantitative estimate of drug-likeness (QED) is 0.669. The molecule has 1 aliphatic heterocycles. The second-order valence-corrected chi connectivity index (χ2v) is 9.34. The molecule has 5 heteroatoms. The molecule has 1 saturated heterocycles. The molecule has 1 aliphatic carbocycles. The lowest BCUT2D eigenvalue weighted by Gasteiger charge is -2.38. The number of nitrogens with one attached hydrogen (secondary N) is 1. The molecule has 4 nitrogen and oxygen atoms in total. The van der Waals surface area contributed by atoms with Crippen LogP contribution in [-0.2, 0) is 21.5 Å². The molecule has 1 amide bonds. The molecule has 2 aliphatic rings. The van der Waals surface area contributed by atoms with Crippen LogP contribution in [0.25, 0.3) is 0 Å². The Morgan fingerprint density at radius 3 is 2.39 bits per heavy atom. The number of nitrogens with zero attached hydrogens (tertiary/aromatic N) is 1. The van der Waals surface area contributed by atoms with E-state index in [1.54, 1.807) is 0 Å². The topological polar surface area (TPSA) is 49.4 Å². The van der Waals surface area contributed by atoms with Crippen LogP contribution in [0.3, 0.4) is 0 Å². The highest BCUT2D eigenvalue weighted by Gasteiger charge is 2.43. The molecular formula is C26H31ClN2O2. The summed E-state index contributed by atoms with van der Waals surface area (Å²) in [5, 5.41) is 3.76. The van der Waals surface area contributed by atoms with Crippen LogP contribution < -0.4 is 5.32 Å². The summed E-state index contributed by atoms with van der Waals surface area (Å²) in [7, 11) is 0. The van der Waals surface area contributed by atoms with Gasteiger partial charge in [-0.25, -0.2) is 0 Å². The molecule has 1 atom stereocenters. The van der Waals surface area contributed by atoms with Crippen LogP contribution in [0.4, 0.5) is 0 Å². The number of amides is 1. The molecule has 2 fully saturated rings. The first-order valence-corrected chi connectivity index (χ1v) is 11.8. The molecule has 1 N–H and O–H groups in total. The number of hydrogen-bond acceptors (Lipinski definition) is 3. The fraction of sp³-hybridized carbons (Fsp3) is 0.462. The van der Waals surface area contributed by atoms with Crippen LogP contribution >= 0.6 is 11.6 Å². The molecule has 2 aromatic rings. The second-order valence-electron chi connectivity index (χ2n) is 8.90. The van der Waals surface area contributed by atoms with Crippen LogP contribution in [0, 0.1) is 0 Å². The van der Waals surface area contributed by atoms with Crippen molar-refractivity contribution in [2.24, 2.45) is 0 Å². The maximum atomic E-state index is 13.7. The lowest BCUT2D eigenvalue weighted by Crippen LogP contribution is -2.49. The molecule has 1 saturated carbocycles. The fourth-order valence-electron chi connectivity index (χ4n) is 5.20. The van der Waals surface area contributed by atoms with Crippen molar-refractivity contribution in [2.75, 3.05) is 13.1 Å². The molecule has 2 aromatic carbocycles. The summed E-state index contributed by atoms with van der Waals surface area (Å²) in [5.74, 6) is 0.274. The third kappa shape index (κ3) is 5.02. The summed E-state index contributed by atoms with van der Waals surface area (Å²) in [6.45, 7) is 1.66. The SMILES string of the molecule is O=C(NCc1ccccc1)[C@@H]1CCCN1CC(=O)C1(c2ccc(Cl)cc2)CCCCC1. The number of rotatable bonds is 7. The Balaban J connectivity index is 1.45. The highest BCUT2D eigenvalue weighted by molar-refractivity contribution is 6.30. The van der Waals surface area contributed by atoms with Gasteiger partial charge in [0.1, 0.15) is 0 Å². The van der Waals surface area contributed by atoms with Gasteiger partial charge in [-0.15, -0.1) is 0 Å². The normalized spacial score (nSPS) is 21.0. The molecule has 0 radical (unpaired) electrons. The molecule has 31 heavy (non-hydrogen) atoms. The maximum absolute atomic E-state index is 13.7. The van der Waals surface area contributed by atoms with E-state index >= 15 is 0 Å².